The first-order valence-electron chi connectivity index (χ1n) is 5.31. The Morgan fingerprint density at radius 3 is 2.53 bits per heavy atom. The third-order valence-electron chi connectivity index (χ3n) is 2.90. The fraction of sp³-hybridized carbons (Fsp3) is 0.500. The van der Waals surface area contributed by atoms with Crippen LogP contribution in [0.2, 0.25) is 0 Å². The number of aryl methyl sites for hydroxylation is 1. The predicted molar refractivity (Wildman–Crippen MR) is 60.9 cm³/mol. The molecule has 0 spiro atoms. The second kappa shape index (κ2) is 5.24. The van der Waals surface area contributed by atoms with Crippen LogP contribution in [-0.4, -0.2) is 6.54 Å². The summed E-state index contributed by atoms with van der Waals surface area (Å²) < 4.78 is 13.1. The molecule has 0 aliphatic carbocycles. The lowest BCUT2D eigenvalue weighted by molar-refractivity contribution is 0.427. The molecule has 1 aromatic carbocycles. The lowest BCUT2D eigenvalue weighted by Gasteiger charge is -2.21. The van der Waals surface area contributed by atoms with Crippen molar-refractivity contribution in [3.63, 3.8) is 0 Å². The summed E-state index contributed by atoms with van der Waals surface area (Å²) in [6, 6.07) is 4.91. The molecule has 0 saturated heterocycles. The Kier molecular flexibility index (Phi) is 4.24. The van der Waals surface area contributed by atoms with E-state index >= 15 is 0 Å². The van der Waals surface area contributed by atoms with Gasteiger partial charge in [-0.15, -0.1) is 0 Å². The highest BCUT2D eigenvalue weighted by Crippen LogP contribution is 2.23. The molecule has 0 saturated carbocycles. The molecule has 0 amide bonds. The zero-order valence-electron chi connectivity index (χ0n) is 9.33. The van der Waals surface area contributed by atoms with E-state index in [1.165, 1.54) is 6.07 Å². The minimum absolute atomic E-state index is 0.0979. The number of rotatable bonds is 4. The highest BCUT2D eigenvalue weighted by molar-refractivity contribution is 5.26. The van der Waals surface area contributed by atoms with Crippen molar-refractivity contribution in [3.05, 3.63) is 35.1 Å². The maximum atomic E-state index is 13.1. The molecule has 0 heterocycles. The molecule has 0 aliphatic rings. The van der Waals surface area contributed by atoms with Gasteiger partial charge in [0.2, 0.25) is 0 Å². The molecule has 2 nitrogen and oxygen atoms in total. The minimum Gasteiger partial charge on any atom is -0.330 e. The average Bonchev–Trinajstić information content (AvgIpc) is 2.23. The van der Waals surface area contributed by atoms with Crippen molar-refractivity contribution in [3.8, 4) is 0 Å². The van der Waals surface area contributed by atoms with Crippen LogP contribution in [0.5, 0.6) is 0 Å². The number of halogens is 1. The van der Waals surface area contributed by atoms with E-state index in [-0.39, 0.29) is 17.8 Å². The Hall–Kier alpha value is -0.930. The van der Waals surface area contributed by atoms with Crippen molar-refractivity contribution in [2.75, 3.05) is 6.54 Å². The van der Waals surface area contributed by atoms with Crippen LogP contribution in [0, 0.1) is 18.7 Å². The van der Waals surface area contributed by atoms with Crippen LogP contribution in [0.1, 0.15) is 30.5 Å². The van der Waals surface area contributed by atoms with E-state index in [9.17, 15) is 4.39 Å². The van der Waals surface area contributed by atoms with Crippen LogP contribution >= 0.6 is 0 Å². The van der Waals surface area contributed by atoms with Gasteiger partial charge in [-0.2, -0.15) is 0 Å². The van der Waals surface area contributed by atoms with Crippen LogP contribution in [-0.2, 0) is 0 Å². The summed E-state index contributed by atoms with van der Waals surface area (Å²) >= 11 is 0. The van der Waals surface area contributed by atoms with Crippen molar-refractivity contribution in [1.29, 1.82) is 0 Å². The zero-order chi connectivity index (χ0) is 11.4. The van der Waals surface area contributed by atoms with Gasteiger partial charge in [-0.3, -0.25) is 0 Å². The SMILES string of the molecule is CCC(CN)C(N)c1ccc(F)c(C)c1. The van der Waals surface area contributed by atoms with Crippen molar-refractivity contribution in [2.24, 2.45) is 17.4 Å². The van der Waals surface area contributed by atoms with Gasteiger partial charge in [-0.05, 0) is 36.6 Å². The van der Waals surface area contributed by atoms with E-state index in [1.807, 2.05) is 0 Å². The molecule has 84 valence electrons. The van der Waals surface area contributed by atoms with Gasteiger partial charge in [0, 0.05) is 6.04 Å². The van der Waals surface area contributed by atoms with E-state index in [2.05, 4.69) is 6.92 Å². The first kappa shape index (κ1) is 12.1. The number of hydrogen-bond donors (Lipinski definition) is 2. The monoisotopic (exact) mass is 210 g/mol. The van der Waals surface area contributed by atoms with Gasteiger partial charge in [-0.1, -0.05) is 25.5 Å². The molecule has 1 aromatic rings. The summed E-state index contributed by atoms with van der Waals surface area (Å²) in [5.74, 6) is 0.0709. The van der Waals surface area contributed by atoms with Gasteiger partial charge < -0.3 is 11.5 Å². The summed E-state index contributed by atoms with van der Waals surface area (Å²) in [5.41, 5.74) is 13.3. The molecule has 15 heavy (non-hydrogen) atoms. The predicted octanol–water partition coefficient (Wildman–Crippen LogP) is 2.12. The van der Waals surface area contributed by atoms with E-state index in [4.69, 9.17) is 11.5 Å². The standard InChI is InChI=1S/C12H19FN2/c1-3-9(7-14)12(15)10-4-5-11(13)8(2)6-10/h4-6,9,12H,3,7,14-15H2,1-2H3. The van der Waals surface area contributed by atoms with Crippen LogP contribution in [0.4, 0.5) is 4.39 Å². The van der Waals surface area contributed by atoms with Crippen LogP contribution in [0.25, 0.3) is 0 Å². The topological polar surface area (TPSA) is 52.0 Å². The molecule has 2 unspecified atom stereocenters. The molecule has 4 N–H and O–H groups in total. The fourth-order valence-electron chi connectivity index (χ4n) is 1.71. The van der Waals surface area contributed by atoms with Gasteiger partial charge in [-0.25, -0.2) is 4.39 Å². The molecule has 0 bridgehead atoms. The van der Waals surface area contributed by atoms with Crippen molar-refractivity contribution in [2.45, 2.75) is 26.3 Å². The van der Waals surface area contributed by atoms with Gasteiger partial charge in [0.05, 0.1) is 0 Å². The maximum Gasteiger partial charge on any atom is 0.126 e. The Balaban J connectivity index is 2.90. The van der Waals surface area contributed by atoms with Crippen LogP contribution < -0.4 is 11.5 Å². The smallest absolute Gasteiger partial charge is 0.126 e. The second-order valence-corrected chi connectivity index (χ2v) is 3.94. The largest absolute Gasteiger partial charge is 0.330 e. The fourth-order valence-corrected chi connectivity index (χ4v) is 1.71. The van der Waals surface area contributed by atoms with E-state index in [0.717, 1.165) is 12.0 Å². The van der Waals surface area contributed by atoms with E-state index in [1.54, 1.807) is 19.1 Å². The lowest BCUT2D eigenvalue weighted by atomic mass is 9.91. The molecule has 1 rings (SSSR count). The van der Waals surface area contributed by atoms with Crippen molar-refractivity contribution >= 4 is 0 Å². The highest BCUT2D eigenvalue weighted by atomic mass is 19.1. The minimum atomic E-state index is -0.188. The van der Waals surface area contributed by atoms with E-state index in [0.29, 0.717) is 12.1 Å². The number of benzene rings is 1. The normalized spacial score (nSPS) is 15.0. The maximum absolute atomic E-state index is 13.1. The summed E-state index contributed by atoms with van der Waals surface area (Å²) in [4.78, 5) is 0. The first-order valence-corrected chi connectivity index (χ1v) is 5.31. The second-order valence-electron chi connectivity index (χ2n) is 3.94. The van der Waals surface area contributed by atoms with Gasteiger partial charge in [0.15, 0.2) is 0 Å². The zero-order valence-corrected chi connectivity index (χ0v) is 9.33. The molecule has 0 fully saturated rings. The summed E-state index contributed by atoms with van der Waals surface area (Å²) in [6.07, 6.45) is 0.939. The lowest BCUT2D eigenvalue weighted by Crippen LogP contribution is -2.27. The quantitative estimate of drug-likeness (QED) is 0.799. The Labute approximate surface area is 90.5 Å². The third kappa shape index (κ3) is 2.76. The number of nitrogens with two attached hydrogens (primary N) is 2. The van der Waals surface area contributed by atoms with E-state index < -0.39 is 0 Å². The average molecular weight is 210 g/mol. The Morgan fingerprint density at radius 2 is 2.07 bits per heavy atom. The van der Waals surface area contributed by atoms with Gasteiger partial charge >= 0.3 is 0 Å². The van der Waals surface area contributed by atoms with Crippen LogP contribution in [0.3, 0.4) is 0 Å². The summed E-state index contributed by atoms with van der Waals surface area (Å²) in [7, 11) is 0. The summed E-state index contributed by atoms with van der Waals surface area (Å²) in [5, 5.41) is 0. The molecular formula is C12H19FN2. The third-order valence-corrected chi connectivity index (χ3v) is 2.90. The summed E-state index contributed by atoms with van der Waals surface area (Å²) in [6.45, 7) is 4.37. The Morgan fingerprint density at radius 1 is 1.40 bits per heavy atom. The van der Waals surface area contributed by atoms with Crippen molar-refractivity contribution in [1.82, 2.24) is 0 Å². The van der Waals surface area contributed by atoms with Crippen LogP contribution in [0.15, 0.2) is 18.2 Å². The van der Waals surface area contributed by atoms with Gasteiger partial charge in [0.25, 0.3) is 0 Å². The molecule has 2 atom stereocenters. The van der Waals surface area contributed by atoms with Crippen molar-refractivity contribution < 1.29 is 4.39 Å². The molecule has 0 aliphatic heterocycles. The van der Waals surface area contributed by atoms with Gasteiger partial charge in [0.1, 0.15) is 5.82 Å². The first-order chi connectivity index (χ1) is 7.10. The highest BCUT2D eigenvalue weighted by Gasteiger charge is 2.16. The number of hydrogen-bond acceptors (Lipinski definition) is 2. The molecule has 3 heteroatoms. The molecule has 0 aromatic heterocycles. The molecular weight excluding hydrogens is 191 g/mol. The Bertz CT molecular complexity index is 321. The molecule has 0 radical (unpaired) electrons.